The lowest BCUT2D eigenvalue weighted by atomic mass is 9.86. The lowest BCUT2D eigenvalue weighted by Gasteiger charge is -2.24. The van der Waals surface area contributed by atoms with Crippen molar-refractivity contribution >= 4 is 17.5 Å². The van der Waals surface area contributed by atoms with Crippen LogP contribution in [0.1, 0.15) is 71.8 Å². The predicted molar refractivity (Wildman–Crippen MR) is 159 cm³/mol. The van der Waals surface area contributed by atoms with Crippen LogP contribution < -0.4 is 20.1 Å². The lowest BCUT2D eigenvalue weighted by Crippen LogP contribution is -2.22. The second-order valence-corrected chi connectivity index (χ2v) is 11.3. The van der Waals surface area contributed by atoms with Gasteiger partial charge in [-0.05, 0) is 87.1 Å². The number of anilines is 2. The molecule has 10 nitrogen and oxygen atoms in total. The molecule has 1 amide bonds. The van der Waals surface area contributed by atoms with E-state index >= 15 is 0 Å². The third kappa shape index (κ3) is 5.94. The Labute approximate surface area is 245 Å². The molecular formula is C32H37N5O5. The molecule has 0 fully saturated rings. The predicted octanol–water partition coefficient (Wildman–Crippen LogP) is 5.79. The maximum absolute atomic E-state index is 13.2. The van der Waals surface area contributed by atoms with Gasteiger partial charge in [-0.25, -0.2) is 0 Å². The Bertz CT molecular complexity index is 1570. The number of carbonyl (C=O) groups excluding carboxylic acids is 1. The molecule has 1 aliphatic rings. The number of aryl methyl sites for hydroxylation is 1. The van der Waals surface area contributed by atoms with Crippen molar-refractivity contribution in [2.24, 2.45) is 0 Å². The Hall–Kier alpha value is -4.44. The third-order valence-corrected chi connectivity index (χ3v) is 7.42. The van der Waals surface area contributed by atoms with E-state index in [1.807, 2.05) is 24.4 Å². The molecule has 42 heavy (non-hydrogen) atoms. The number of rotatable bonds is 10. The Morgan fingerprint density at radius 3 is 2.31 bits per heavy atom. The number of pyridine rings is 1. The number of hydrogen-bond donors (Lipinski definition) is 2. The van der Waals surface area contributed by atoms with E-state index in [0.29, 0.717) is 24.7 Å². The van der Waals surface area contributed by atoms with Crippen LogP contribution in [-0.2, 0) is 28.8 Å². The van der Waals surface area contributed by atoms with Gasteiger partial charge < -0.3 is 29.3 Å². The number of nitrogens with one attached hydrogen (secondary N) is 2. The van der Waals surface area contributed by atoms with Gasteiger partial charge in [0.05, 0.1) is 25.4 Å². The van der Waals surface area contributed by atoms with Gasteiger partial charge in [0, 0.05) is 25.4 Å². The quantitative estimate of drug-likeness (QED) is 0.244. The molecule has 0 aliphatic carbocycles. The number of aromatic nitrogens is 3. The highest BCUT2D eigenvalue weighted by molar-refractivity contribution is 6.03. The van der Waals surface area contributed by atoms with E-state index in [1.54, 1.807) is 12.3 Å². The molecule has 0 unspecified atom stereocenters. The first kappa shape index (κ1) is 29.1. The number of fused-ring (bicyclic) bond motifs is 1. The summed E-state index contributed by atoms with van der Waals surface area (Å²) in [5, 5.41) is 5.95. The number of methoxy groups -OCH3 is 2. The van der Waals surface area contributed by atoms with Gasteiger partial charge in [0.2, 0.25) is 17.7 Å². The number of benzene rings is 1. The average molecular weight is 572 g/mol. The van der Waals surface area contributed by atoms with E-state index in [-0.39, 0.29) is 34.4 Å². The zero-order valence-corrected chi connectivity index (χ0v) is 25.1. The first-order chi connectivity index (χ1) is 20.0. The summed E-state index contributed by atoms with van der Waals surface area (Å²) in [6.45, 7) is 11.0. The molecule has 0 bridgehead atoms. The van der Waals surface area contributed by atoms with Gasteiger partial charge in [0.25, 0.3) is 5.91 Å². The molecule has 1 aromatic carbocycles. The van der Waals surface area contributed by atoms with Gasteiger partial charge in [-0.2, -0.15) is 9.97 Å². The number of hydrogen-bond acceptors (Lipinski definition) is 9. The number of furan rings is 1. The summed E-state index contributed by atoms with van der Waals surface area (Å²) in [5.41, 5.74) is 5.19. The van der Waals surface area contributed by atoms with E-state index in [4.69, 9.17) is 18.6 Å². The fourth-order valence-corrected chi connectivity index (χ4v) is 5.41. The average Bonchev–Trinajstić information content (AvgIpc) is 3.49. The highest BCUT2D eigenvalue weighted by Crippen LogP contribution is 2.47. The van der Waals surface area contributed by atoms with Crippen molar-refractivity contribution in [3.8, 4) is 11.8 Å². The number of carbonyl (C=O) groups is 1. The van der Waals surface area contributed by atoms with Crippen LogP contribution in [0.3, 0.4) is 0 Å². The monoisotopic (exact) mass is 571 g/mol. The van der Waals surface area contributed by atoms with Gasteiger partial charge in [0.1, 0.15) is 5.76 Å². The minimum atomic E-state index is -0.472. The zero-order valence-electron chi connectivity index (χ0n) is 25.1. The molecule has 2 N–H and O–H groups in total. The van der Waals surface area contributed by atoms with Gasteiger partial charge in [0.15, 0.2) is 11.4 Å². The molecule has 4 heterocycles. The second-order valence-electron chi connectivity index (χ2n) is 11.3. The summed E-state index contributed by atoms with van der Waals surface area (Å²) in [5.74, 6) is 0.979. The van der Waals surface area contributed by atoms with Crippen molar-refractivity contribution in [3.63, 3.8) is 0 Å². The number of amides is 1. The van der Waals surface area contributed by atoms with Crippen molar-refractivity contribution in [1.82, 2.24) is 15.0 Å². The van der Waals surface area contributed by atoms with Crippen LogP contribution in [0.25, 0.3) is 0 Å². The van der Waals surface area contributed by atoms with Gasteiger partial charge >= 0.3 is 0 Å². The van der Waals surface area contributed by atoms with E-state index in [9.17, 15) is 4.79 Å². The fraction of sp³-hybridized carbons (Fsp3) is 0.375. The van der Waals surface area contributed by atoms with Crippen molar-refractivity contribution in [1.29, 1.82) is 0 Å². The summed E-state index contributed by atoms with van der Waals surface area (Å²) in [7, 11) is 2.93. The lowest BCUT2D eigenvalue weighted by molar-refractivity contribution is -0.105. The molecule has 5 rings (SSSR count). The van der Waals surface area contributed by atoms with Crippen LogP contribution in [0.5, 0.6) is 11.8 Å². The first-order valence-corrected chi connectivity index (χ1v) is 13.9. The smallest absolute Gasteiger partial charge is 0.291 e. The molecule has 3 aromatic heterocycles. The summed E-state index contributed by atoms with van der Waals surface area (Å²) in [4.78, 5) is 26.1. The van der Waals surface area contributed by atoms with Crippen LogP contribution in [0.4, 0.5) is 11.6 Å². The normalized spacial score (nSPS) is 14.7. The molecule has 10 heteroatoms. The first-order valence-electron chi connectivity index (χ1n) is 13.9. The maximum Gasteiger partial charge on any atom is 0.291 e. The van der Waals surface area contributed by atoms with Gasteiger partial charge in [-0.15, -0.1) is 0 Å². The standard InChI is InChI=1S/C32H37N5O5/c1-19-15-23-24(32(4,5)42-31(23,2)3)17-21(19)16-22-10-11-25(41-22)27(38)35-26-28(39-6)36-30(37-29(26)40-7)34-14-12-20-9-8-13-33-18-20/h8-11,13,15,17-18H,12,14,16H2,1-7H3,(H,35,38)(H,34,36,37). The number of nitrogens with zero attached hydrogens (tertiary/aromatic N) is 3. The zero-order chi connectivity index (χ0) is 30.1. The third-order valence-electron chi connectivity index (χ3n) is 7.42. The van der Waals surface area contributed by atoms with E-state index in [0.717, 1.165) is 23.1 Å². The molecule has 0 radical (unpaired) electrons. The molecule has 220 valence electrons. The molecule has 0 saturated heterocycles. The van der Waals surface area contributed by atoms with Crippen LogP contribution >= 0.6 is 0 Å². The van der Waals surface area contributed by atoms with Crippen LogP contribution in [0, 0.1) is 6.92 Å². The minimum Gasteiger partial charge on any atom is -0.479 e. The van der Waals surface area contributed by atoms with Gasteiger partial charge in [-0.3, -0.25) is 9.78 Å². The van der Waals surface area contributed by atoms with Crippen molar-refractivity contribution in [2.75, 3.05) is 31.4 Å². The van der Waals surface area contributed by atoms with E-state index < -0.39 is 5.91 Å². The summed E-state index contributed by atoms with van der Waals surface area (Å²) >= 11 is 0. The molecule has 0 spiro atoms. The van der Waals surface area contributed by atoms with Crippen molar-refractivity contribution in [3.05, 3.63) is 88.1 Å². The Kier molecular flexibility index (Phi) is 7.92. The summed E-state index contributed by atoms with van der Waals surface area (Å²) in [6.07, 6.45) is 4.82. The Morgan fingerprint density at radius 1 is 0.976 bits per heavy atom. The summed E-state index contributed by atoms with van der Waals surface area (Å²) in [6, 6.07) is 11.7. The van der Waals surface area contributed by atoms with E-state index in [1.165, 1.54) is 25.3 Å². The Morgan fingerprint density at radius 2 is 1.67 bits per heavy atom. The highest BCUT2D eigenvalue weighted by Gasteiger charge is 2.43. The molecule has 0 atom stereocenters. The second kappa shape index (κ2) is 11.4. The largest absolute Gasteiger partial charge is 0.479 e. The molecule has 0 saturated carbocycles. The number of ether oxygens (including phenoxy) is 3. The molecular weight excluding hydrogens is 534 g/mol. The van der Waals surface area contributed by atoms with Gasteiger partial charge in [-0.1, -0.05) is 18.2 Å². The van der Waals surface area contributed by atoms with Crippen LogP contribution in [0.15, 0.2) is 53.2 Å². The van der Waals surface area contributed by atoms with Crippen LogP contribution in [-0.4, -0.2) is 41.6 Å². The Balaban J connectivity index is 1.30. The molecule has 1 aliphatic heterocycles. The van der Waals surface area contributed by atoms with Crippen LogP contribution in [0.2, 0.25) is 0 Å². The highest BCUT2D eigenvalue weighted by atomic mass is 16.5. The van der Waals surface area contributed by atoms with E-state index in [2.05, 4.69) is 72.3 Å². The minimum absolute atomic E-state index is 0.149. The molecule has 4 aromatic rings. The van der Waals surface area contributed by atoms with Crippen molar-refractivity contribution in [2.45, 2.75) is 58.7 Å². The fourth-order valence-electron chi connectivity index (χ4n) is 5.41. The topological polar surface area (TPSA) is 121 Å². The van der Waals surface area contributed by atoms with Crippen molar-refractivity contribution < 1.29 is 23.4 Å². The summed E-state index contributed by atoms with van der Waals surface area (Å²) < 4.78 is 23.2. The maximum atomic E-state index is 13.2. The SMILES string of the molecule is COc1nc(NCCc2cccnc2)nc(OC)c1NC(=O)c1ccc(Cc2cc3c(cc2C)C(C)(C)OC3(C)C)o1.